The van der Waals surface area contributed by atoms with Crippen LogP contribution >= 0.6 is 0 Å². The van der Waals surface area contributed by atoms with Crippen LogP contribution in [0.2, 0.25) is 0 Å². The van der Waals surface area contributed by atoms with Crippen LogP contribution in [0.3, 0.4) is 0 Å². The number of Topliss-reactive ketones (excluding diaryl/α,β-unsaturated/α-hetero) is 1. The normalized spacial score (nSPS) is 18.2. The van der Waals surface area contributed by atoms with Crippen LogP contribution in [-0.2, 0) is 23.6 Å². The average Bonchev–Trinajstić information content (AvgIpc) is 3.28. The van der Waals surface area contributed by atoms with Crippen LogP contribution in [0.1, 0.15) is 88.2 Å². The number of fused-ring (bicyclic) bond motifs is 1. The van der Waals surface area contributed by atoms with Crippen LogP contribution in [0, 0.1) is 5.41 Å². The minimum Gasteiger partial charge on any atom is -0.341 e. The van der Waals surface area contributed by atoms with Gasteiger partial charge in [0.1, 0.15) is 11.3 Å². The molecule has 0 aromatic carbocycles. The van der Waals surface area contributed by atoms with E-state index in [-0.39, 0.29) is 29.5 Å². The first-order valence-corrected chi connectivity index (χ1v) is 13.7. The van der Waals surface area contributed by atoms with E-state index in [9.17, 15) is 35.9 Å². The Bertz CT molecular complexity index is 1240. The molecule has 1 atom stereocenters. The summed E-state index contributed by atoms with van der Waals surface area (Å²) in [5, 5.41) is 5.81. The monoisotopic (exact) mass is 590 g/mol. The largest absolute Gasteiger partial charge is 0.422 e. The summed E-state index contributed by atoms with van der Waals surface area (Å²) in [5.41, 5.74) is -3.27. The van der Waals surface area contributed by atoms with Gasteiger partial charge in [0.05, 0.1) is 22.7 Å². The Hall–Kier alpha value is -3.03. The lowest BCUT2D eigenvalue weighted by molar-refractivity contribution is -0.139. The van der Waals surface area contributed by atoms with Crippen molar-refractivity contribution in [2.75, 3.05) is 31.1 Å². The maximum atomic E-state index is 13.1. The molecule has 1 aliphatic carbocycles. The highest BCUT2D eigenvalue weighted by atomic mass is 19.4. The van der Waals surface area contributed by atoms with Gasteiger partial charge in [-0.05, 0) is 38.2 Å². The summed E-state index contributed by atoms with van der Waals surface area (Å²) >= 11 is 0. The van der Waals surface area contributed by atoms with E-state index in [1.165, 1.54) is 6.92 Å². The molecule has 0 amide bonds. The van der Waals surface area contributed by atoms with Gasteiger partial charge in [0.15, 0.2) is 0 Å². The Balaban J connectivity index is 0.000000229. The van der Waals surface area contributed by atoms with E-state index in [0.29, 0.717) is 25.5 Å². The first-order chi connectivity index (χ1) is 19.1. The molecule has 0 spiro atoms. The van der Waals surface area contributed by atoms with Gasteiger partial charge in [-0.15, -0.1) is 0 Å². The Morgan fingerprint density at radius 2 is 1.68 bits per heavy atom. The molecule has 0 radical (unpaired) electrons. The third kappa shape index (κ3) is 7.63. The molecule has 2 aliphatic rings. The first kappa shape index (κ1) is 32.5. The first-order valence-electron chi connectivity index (χ1n) is 13.7. The number of H-pyrrole nitrogens is 1. The topological polar surface area (TPSA) is 95.1 Å². The third-order valence-corrected chi connectivity index (χ3v) is 7.55. The van der Waals surface area contributed by atoms with Crippen LogP contribution in [0.15, 0.2) is 17.2 Å². The minimum absolute atomic E-state index is 0.00215. The van der Waals surface area contributed by atoms with E-state index in [1.54, 1.807) is 0 Å². The lowest BCUT2D eigenvalue weighted by Gasteiger charge is -2.49. The molecule has 1 aliphatic heterocycles. The fourth-order valence-corrected chi connectivity index (χ4v) is 5.16. The molecule has 41 heavy (non-hydrogen) atoms. The van der Waals surface area contributed by atoms with Crippen LogP contribution < -0.4 is 10.5 Å². The number of carbonyl (C=O) groups is 1. The predicted octanol–water partition coefficient (Wildman–Crippen LogP) is 5.59. The van der Waals surface area contributed by atoms with Gasteiger partial charge in [-0.1, -0.05) is 33.6 Å². The van der Waals surface area contributed by atoms with E-state index >= 15 is 0 Å². The summed E-state index contributed by atoms with van der Waals surface area (Å²) in [5.74, 6) is 0.457. The Morgan fingerprint density at radius 1 is 1.05 bits per heavy atom. The maximum Gasteiger partial charge on any atom is 0.422 e. The zero-order chi connectivity index (χ0) is 30.6. The van der Waals surface area contributed by atoms with Gasteiger partial charge < -0.3 is 4.90 Å². The van der Waals surface area contributed by atoms with Crippen molar-refractivity contribution in [1.82, 2.24) is 25.1 Å². The highest BCUT2D eigenvalue weighted by molar-refractivity contribution is 5.83. The van der Waals surface area contributed by atoms with E-state index in [4.69, 9.17) is 0 Å². The summed E-state index contributed by atoms with van der Waals surface area (Å²) < 4.78 is 76.4. The molecule has 228 valence electrons. The molecule has 1 saturated heterocycles. The number of carbonyl (C=O) groups excluding carboxylic acids is 1. The predicted molar refractivity (Wildman–Crippen MR) is 140 cm³/mol. The van der Waals surface area contributed by atoms with Gasteiger partial charge in [0, 0.05) is 38.6 Å². The summed E-state index contributed by atoms with van der Waals surface area (Å²) in [6.07, 6.45) is -2.58. The Labute approximate surface area is 234 Å². The standard InChI is InChI=1S/C14H16F3N3O2.C13H20F3N3/c1-7(21)13(2)5-20(6-13)9-4-3-8-10(14(15,16)17)12(22)19-18-11(8)9;1-3-5-6-8-19(7-4-2)12-17-9-11(10-18-12)13(14,15)16/h9H,3-6H2,1-2H3,(H,19,22);9-10H,3-8H2,1-2H3. The Kier molecular flexibility index (Phi) is 10.2. The zero-order valence-electron chi connectivity index (χ0n) is 23.6. The van der Waals surface area contributed by atoms with E-state index in [1.807, 2.05) is 28.7 Å². The molecule has 4 rings (SSSR count). The number of nitrogens with zero attached hydrogens (tertiary/aromatic N) is 5. The molecule has 0 saturated carbocycles. The molecular weight excluding hydrogens is 554 g/mol. The Morgan fingerprint density at radius 3 is 2.20 bits per heavy atom. The number of unbranched alkanes of at least 4 members (excludes halogenated alkanes) is 2. The quantitative estimate of drug-likeness (QED) is 0.301. The van der Waals surface area contributed by atoms with E-state index < -0.39 is 34.5 Å². The summed E-state index contributed by atoms with van der Waals surface area (Å²) in [6, 6.07) is -0.264. The molecule has 1 N–H and O–H groups in total. The molecule has 2 aromatic rings. The SMILES string of the molecule is CC(=O)C1(C)CN(C2CCc3c2n[nH]c(=O)c3C(F)(F)F)C1.CCCCCN(CCC)c1ncc(C(F)(F)F)cn1. The molecular formula is C27H36F6N6O2. The van der Waals surface area contributed by atoms with Crippen molar-refractivity contribution >= 4 is 11.7 Å². The third-order valence-electron chi connectivity index (χ3n) is 7.55. The number of ketones is 1. The second-order valence-electron chi connectivity index (χ2n) is 10.8. The number of hydrogen-bond donors (Lipinski definition) is 1. The van der Waals surface area contributed by atoms with Gasteiger partial charge in [-0.25, -0.2) is 15.1 Å². The van der Waals surface area contributed by atoms with E-state index in [2.05, 4.69) is 22.0 Å². The molecule has 8 nitrogen and oxygen atoms in total. The fraction of sp³-hybridized carbons (Fsp3) is 0.667. The fourth-order valence-electron chi connectivity index (χ4n) is 5.16. The van der Waals surface area contributed by atoms with Crippen molar-refractivity contribution < 1.29 is 31.1 Å². The number of hydrogen-bond acceptors (Lipinski definition) is 7. The number of aromatic nitrogens is 4. The zero-order valence-corrected chi connectivity index (χ0v) is 23.6. The molecule has 3 heterocycles. The summed E-state index contributed by atoms with van der Waals surface area (Å²) in [4.78, 5) is 34.6. The van der Waals surface area contributed by atoms with Crippen molar-refractivity contribution in [3.8, 4) is 0 Å². The lowest BCUT2D eigenvalue weighted by atomic mass is 9.77. The molecule has 2 aromatic heterocycles. The number of anilines is 1. The van der Waals surface area contributed by atoms with Gasteiger partial charge in [-0.3, -0.25) is 14.5 Å². The summed E-state index contributed by atoms with van der Waals surface area (Å²) in [7, 11) is 0. The molecule has 14 heteroatoms. The number of rotatable bonds is 9. The lowest BCUT2D eigenvalue weighted by Crippen LogP contribution is -2.58. The number of aromatic amines is 1. The number of likely N-dealkylation sites (tertiary alicyclic amines) is 1. The van der Waals surface area contributed by atoms with Crippen molar-refractivity contribution in [3.63, 3.8) is 0 Å². The smallest absolute Gasteiger partial charge is 0.341 e. The van der Waals surface area contributed by atoms with Crippen LogP contribution in [0.5, 0.6) is 0 Å². The number of alkyl halides is 6. The van der Waals surface area contributed by atoms with Gasteiger partial charge in [-0.2, -0.15) is 31.4 Å². The van der Waals surface area contributed by atoms with Gasteiger partial charge >= 0.3 is 12.4 Å². The highest BCUT2D eigenvalue weighted by Crippen LogP contribution is 2.44. The second-order valence-corrected chi connectivity index (χ2v) is 10.8. The van der Waals surface area contributed by atoms with Crippen molar-refractivity contribution in [2.45, 2.75) is 84.6 Å². The van der Waals surface area contributed by atoms with Crippen molar-refractivity contribution in [3.05, 3.63) is 45.1 Å². The van der Waals surface area contributed by atoms with E-state index in [0.717, 1.165) is 51.2 Å². The average molecular weight is 591 g/mol. The van der Waals surface area contributed by atoms with Crippen molar-refractivity contribution in [1.29, 1.82) is 0 Å². The number of nitrogens with one attached hydrogen (secondary N) is 1. The number of halogens is 6. The van der Waals surface area contributed by atoms with Gasteiger partial charge in [0.25, 0.3) is 5.56 Å². The summed E-state index contributed by atoms with van der Waals surface area (Å²) in [6.45, 7) is 10.1. The molecule has 1 unspecified atom stereocenters. The van der Waals surface area contributed by atoms with Crippen LogP contribution in [-0.4, -0.2) is 57.0 Å². The highest BCUT2D eigenvalue weighted by Gasteiger charge is 2.49. The molecule has 1 fully saturated rings. The van der Waals surface area contributed by atoms with Crippen molar-refractivity contribution in [2.24, 2.45) is 5.41 Å². The molecule has 0 bridgehead atoms. The maximum absolute atomic E-state index is 13.1. The second kappa shape index (κ2) is 12.9. The van der Waals surface area contributed by atoms with Crippen LogP contribution in [0.25, 0.3) is 0 Å². The van der Waals surface area contributed by atoms with Gasteiger partial charge in [0.2, 0.25) is 5.95 Å². The minimum atomic E-state index is -4.68. The van der Waals surface area contributed by atoms with Crippen LogP contribution in [0.4, 0.5) is 32.3 Å².